The van der Waals surface area contributed by atoms with Gasteiger partial charge in [0.1, 0.15) is 5.76 Å². The fourth-order valence-electron chi connectivity index (χ4n) is 5.79. The Morgan fingerprint density at radius 3 is 2.29 bits per heavy atom. The molecule has 2 saturated heterocycles. The summed E-state index contributed by atoms with van der Waals surface area (Å²) in [4.78, 5) is 18.2. The molecule has 0 saturated carbocycles. The van der Waals surface area contributed by atoms with E-state index in [0.717, 1.165) is 43.9 Å². The van der Waals surface area contributed by atoms with Crippen molar-refractivity contribution in [3.05, 3.63) is 94.9 Å². The number of benzene rings is 2. The van der Waals surface area contributed by atoms with Crippen LogP contribution in [0.2, 0.25) is 0 Å². The number of hydrogen-bond donors (Lipinski definition) is 1. The number of likely N-dealkylation sites (tertiary alicyclic amines) is 2. The third-order valence-corrected chi connectivity index (χ3v) is 7.62. The Labute approximate surface area is 202 Å². The number of furan rings is 1. The highest BCUT2D eigenvalue weighted by Gasteiger charge is 2.39. The third-order valence-electron chi connectivity index (χ3n) is 7.62. The monoisotopic (exact) mass is 457 g/mol. The van der Waals surface area contributed by atoms with Crippen molar-refractivity contribution >= 4 is 5.91 Å². The number of hydrogen-bond acceptors (Lipinski definition) is 4. The molecule has 3 aromatic rings. The van der Waals surface area contributed by atoms with E-state index < -0.39 is 0 Å². The van der Waals surface area contributed by atoms with Crippen LogP contribution in [0, 0.1) is 6.92 Å². The maximum Gasteiger partial charge on any atom is 0.289 e. The van der Waals surface area contributed by atoms with E-state index in [0.29, 0.717) is 17.6 Å². The van der Waals surface area contributed by atoms with Crippen molar-refractivity contribution in [3.63, 3.8) is 0 Å². The lowest BCUT2D eigenvalue weighted by Crippen LogP contribution is -2.42. The molecular formula is C29H35N3O2. The fraction of sp³-hybridized carbons (Fsp3) is 0.414. The lowest BCUT2D eigenvalue weighted by Gasteiger charge is -2.28. The van der Waals surface area contributed by atoms with Crippen molar-refractivity contribution in [2.45, 2.75) is 50.6 Å². The third kappa shape index (κ3) is 4.68. The first-order valence-electron chi connectivity index (χ1n) is 12.5. The lowest BCUT2D eigenvalue weighted by atomic mass is 9.96. The standard InChI is InChI=1S/C29H35N3O2/c1-20(30)27-16-28(34-21(27)2)29(33)32-18-25(23-11-7-4-8-12-23)15-26(32)19-31-14-13-24(17-31)22-9-5-3-6-10-22/h3-12,16,20,24-26H,13-15,17-19,30H2,1-2H3. The Bertz CT molecular complexity index is 1110. The van der Waals surface area contributed by atoms with Crippen molar-refractivity contribution < 1.29 is 9.21 Å². The second-order valence-electron chi connectivity index (χ2n) is 10.0. The van der Waals surface area contributed by atoms with E-state index in [1.54, 1.807) is 0 Å². The maximum atomic E-state index is 13.7. The lowest BCUT2D eigenvalue weighted by molar-refractivity contribution is 0.0673. The summed E-state index contributed by atoms with van der Waals surface area (Å²) in [7, 11) is 0. The Balaban J connectivity index is 1.35. The van der Waals surface area contributed by atoms with E-state index in [1.165, 1.54) is 17.5 Å². The topological polar surface area (TPSA) is 62.7 Å². The highest BCUT2D eigenvalue weighted by molar-refractivity contribution is 5.92. The number of carbonyl (C=O) groups excluding carboxylic acids is 1. The number of nitrogens with two attached hydrogens (primary N) is 1. The van der Waals surface area contributed by atoms with Crippen LogP contribution in [-0.2, 0) is 0 Å². The van der Waals surface area contributed by atoms with E-state index in [4.69, 9.17) is 10.2 Å². The minimum absolute atomic E-state index is 0.0164. The molecule has 1 aromatic heterocycles. The normalized spacial score (nSPS) is 24.0. The molecule has 5 rings (SSSR count). The van der Waals surface area contributed by atoms with E-state index >= 15 is 0 Å². The molecule has 2 aliphatic heterocycles. The summed E-state index contributed by atoms with van der Waals surface area (Å²) in [6.07, 6.45) is 2.14. The van der Waals surface area contributed by atoms with E-state index in [1.807, 2.05) is 26.0 Å². The minimum atomic E-state index is -0.156. The molecular weight excluding hydrogens is 422 g/mol. The van der Waals surface area contributed by atoms with Gasteiger partial charge in [-0.3, -0.25) is 4.79 Å². The van der Waals surface area contributed by atoms with Gasteiger partial charge in [0.05, 0.1) is 0 Å². The summed E-state index contributed by atoms with van der Waals surface area (Å²) < 4.78 is 5.90. The number of nitrogens with zero attached hydrogens (tertiary/aromatic N) is 2. The molecule has 0 spiro atoms. The maximum absolute atomic E-state index is 13.7. The van der Waals surface area contributed by atoms with Gasteiger partial charge in [0, 0.05) is 43.2 Å². The van der Waals surface area contributed by atoms with Crippen molar-refractivity contribution in [2.24, 2.45) is 5.73 Å². The summed E-state index contributed by atoms with van der Waals surface area (Å²) in [5.41, 5.74) is 9.71. The molecule has 1 amide bonds. The highest BCUT2D eigenvalue weighted by atomic mass is 16.4. The summed E-state index contributed by atoms with van der Waals surface area (Å²) in [6, 6.07) is 23.2. The molecule has 4 atom stereocenters. The van der Waals surface area contributed by atoms with Crippen molar-refractivity contribution in [3.8, 4) is 0 Å². The Morgan fingerprint density at radius 2 is 1.68 bits per heavy atom. The van der Waals surface area contributed by atoms with Gasteiger partial charge in [-0.05, 0) is 56.3 Å². The van der Waals surface area contributed by atoms with Gasteiger partial charge in [0.15, 0.2) is 5.76 Å². The average molecular weight is 458 g/mol. The zero-order valence-corrected chi connectivity index (χ0v) is 20.2. The van der Waals surface area contributed by atoms with E-state index in [2.05, 4.69) is 64.4 Å². The molecule has 2 aliphatic rings. The molecule has 0 bridgehead atoms. The Kier molecular flexibility index (Phi) is 6.57. The van der Waals surface area contributed by atoms with E-state index in [9.17, 15) is 4.79 Å². The van der Waals surface area contributed by atoms with Gasteiger partial charge in [-0.1, -0.05) is 60.7 Å². The first-order valence-corrected chi connectivity index (χ1v) is 12.5. The van der Waals surface area contributed by atoms with Gasteiger partial charge < -0.3 is 20.0 Å². The van der Waals surface area contributed by atoms with Crippen LogP contribution in [-0.4, -0.2) is 47.9 Å². The summed E-state index contributed by atoms with van der Waals surface area (Å²) in [6.45, 7) is 7.55. The first kappa shape index (κ1) is 22.9. The number of aryl methyl sites for hydroxylation is 1. The molecule has 5 heteroatoms. The number of amides is 1. The van der Waals surface area contributed by atoms with Crippen LogP contribution in [0.3, 0.4) is 0 Å². The zero-order valence-electron chi connectivity index (χ0n) is 20.2. The molecule has 34 heavy (non-hydrogen) atoms. The molecule has 178 valence electrons. The average Bonchev–Trinajstić information content (AvgIpc) is 3.59. The largest absolute Gasteiger partial charge is 0.456 e. The van der Waals surface area contributed by atoms with Crippen LogP contribution in [0.4, 0.5) is 0 Å². The van der Waals surface area contributed by atoms with Crippen LogP contribution in [0.15, 0.2) is 71.1 Å². The summed E-state index contributed by atoms with van der Waals surface area (Å²) >= 11 is 0. The summed E-state index contributed by atoms with van der Waals surface area (Å²) in [5, 5.41) is 0. The van der Waals surface area contributed by atoms with Crippen LogP contribution < -0.4 is 5.73 Å². The van der Waals surface area contributed by atoms with Crippen molar-refractivity contribution in [1.82, 2.24) is 9.80 Å². The number of rotatable bonds is 6. The minimum Gasteiger partial charge on any atom is -0.456 e. The van der Waals surface area contributed by atoms with Crippen LogP contribution in [0.1, 0.15) is 70.6 Å². The van der Waals surface area contributed by atoms with Crippen LogP contribution in [0.25, 0.3) is 0 Å². The Morgan fingerprint density at radius 1 is 1.03 bits per heavy atom. The first-order chi connectivity index (χ1) is 16.5. The van der Waals surface area contributed by atoms with Crippen molar-refractivity contribution in [1.29, 1.82) is 0 Å². The second kappa shape index (κ2) is 9.77. The van der Waals surface area contributed by atoms with Crippen LogP contribution in [0.5, 0.6) is 0 Å². The molecule has 2 fully saturated rings. The SMILES string of the molecule is Cc1oc(C(=O)N2CC(c3ccccc3)CC2CN2CCC(c3ccccc3)C2)cc1C(C)N. The predicted molar refractivity (Wildman–Crippen MR) is 135 cm³/mol. The summed E-state index contributed by atoms with van der Waals surface area (Å²) in [5.74, 6) is 2.04. The van der Waals surface area contributed by atoms with E-state index in [-0.39, 0.29) is 18.0 Å². The van der Waals surface area contributed by atoms with Crippen LogP contribution >= 0.6 is 0 Å². The van der Waals surface area contributed by atoms with Gasteiger partial charge >= 0.3 is 0 Å². The predicted octanol–water partition coefficient (Wildman–Crippen LogP) is 5.10. The smallest absolute Gasteiger partial charge is 0.289 e. The van der Waals surface area contributed by atoms with Gasteiger partial charge in [0.25, 0.3) is 5.91 Å². The fourth-order valence-corrected chi connectivity index (χ4v) is 5.79. The quantitative estimate of drug-likeness (QED) is 0.560. The molecule has 0 aliphatic carbocycles. The van der Waals surface area contributed by atoms with Gasteiger partial charge in [-0.25, -0.2) is 0 Å². The van der Waals surface area contributed by atoms with Crippen molar-refractivity contribution in [2.75, 3.05) is 26.2 Å². The zero-order chi connectivity index (χ0) is 23.7. The molecule has 0 radical (unpaired) electrons. The van der Waals surface area contributed by atoms with Gasteiger partial charge in [-0.2, -0.15) is 0 Å². The van der Waals surface area contributed by atoms with Gasteiger partial charge in [0.2, 0.25) is 0 Å². The molecule has 2 aromatic carbocycles. The molecule has 2 N–H and O–H groups in total. The Hall–Kier alpha value is -2.89. The highest BCUT2D eigenvalue weighted by Crippen LogP contribution is 2.35. The number of carbonyl (C=O) groups is 1. The molecule has 4 unspecified atom stereocenters. The molecule has 3 heterocycles. The molecule has 5 nitrogen and oxygen atoms in total. The van der Waals surface area contributed by atoms with Gasteiger partial charge in [-0.15, -0.1) is 0 Å². The second-order valence-corrected chi connectivity index (χ2v) is 10.0.